The molecule has 1 aromatic rings. The molecule has 0 aromatic heterocycles. The highest BCUT2D eigenvalue weighted by Crippen LogP contribution is 2.18. The van der Waals surface area contributed by atoms with Gasteiger partial charge >= 0.3 is 5.97 Å². The lowest BCUT2D eigenvalue weighted by molar-refractivity contribution is -0.133. The second-order valence-electron chi connectivity index (χ2n) is 3.52. The third-order valence-corrected chi connectivity index (χ3v) is 2.26. The van der Waals surface area contributed by atoms with Crippen LogP contribution in [0.25, 0.3) is 0 Å². The summed E-state index contributed by atoms with van der Waals surface area (Å²) in [7, 11) is 0. The van der Waals surface area contributed by atoms with Gasteiger partial charge in [-0.2, -0.15) is 0 Å². The molecule has 2 nitrogen and oxygen atoms in total. The molecule has 0 radical (unpaired) electrons. The lowest BCUT2D eigenvalue weighted by atomic mass is 10.1. The molecule has 0 fully saturated rings. The highest BCUT2D eigenvalue weighted by molar-refractivity contribution is 5.74. The first-order valence-corrected chi connectivity index (χ1v) is 5.71. The zero-order valence-electron chi connectivity index (χ0n) is 9.90. The summed E-state index contributed by atoms with van der Waals surface area (Å²) in [4.78, 5) is 11.5. The lowest BCUT2D eigenvalue weighted by Gasteiger charge is -2.07. The number of rotatable bonds is 5. The molecule has 16 heavy (non-hydrogen) atoms. The van der Waals surface area contributed by atoms with Gasteiger partial charge in [0.1, 0.15) is 5.75 Å². The number of aryl methyl sites for hydroxylation is 1. The molecule has 0 N–H and O–H groups in total. The highest BCUT2D eigenvalue weighted by atomic mass is 16.5. The molecule has 0 aliphatic rings. The summed E-state index contributed by atoms with van der Waals surface area (Å²) < 4.78 is 5.29. The molecular weight excluding hydrogens is 200 g/mol. The van der Waals surface area contributed by atoms with E-state index in [-0.39, 0.29) is 5.97 Å². The van der Waals surface area contributed by atoms with Gasteiger partial charge in [0, 0.05) is 0 Å². The summed E-state index contributed by atoms with van der Waals surface area (Å²) in [6.07, 6.45) is 5.96. The molecule has 0 amide bonds. The first-order valence-electron chi connectivity index (χ1n) is 5.71. The van der Waals surface area contributed by atoms with Crippen molar-refractivity contribution in [1.82, 2.24) is 0 Å². The van der Waals surface area contributed by atoms with Crippen LogP contribution in [0.5, 0.6) is 5.75 Å². The average Bonchev–Trinajstić information content (AvgIpc) is 2.30. The van der Waals surface area contributed by atoms with E-state index < -0.39 is 0 Å². The van der Waals surface area contributed by atoms with Crippen LogP contribution in [0.4, 0.5) is 0 Å². The number of benzene rings is 1. The molecule has 0 bridgehead atoms. The van der Waals surface area contributed by atoms with Crippen molar-refractivity contribution in [1.29, 1.82) is 0 Å². The Balaban J connectivity index is 2.58. The monoisotopic (exact) mass is 218 g/mol. The second-order valence-corrected chi connectivity index (χ2v) is 3.52. The van der Waals surface area contributed by atoms with Crippen molar-refractivity contribution >= 4 is 5.97 Å². The number of hydrogen-bond acceptors (Lipinski definition) is 2. The molecule has 0 saturated carbocycles. The molecule has 0 unspecified atom stereocenters. The van der Waals surface area contributed by atoms with Gasteiger partial charge in [0.05, 0.1) is 6.42 Å². The van der Waals surface area contributed by atoms with Gasteiger partial charge in [-0.25, -0.2) is 0 Å². The second kappa shape index (κ2) is 6.83. The van der Waals surface area contributed by atoms with Crippen LogP contribution in [0, 0.1) is 0 Å². The Morgan fingerprint density at radius 3 is 2.69 bits per heavy atom. The van der Waals surface area contributed by atoms with Crippen LogP contribution >= 0.6 is 0 Å². The third kappa shape index (κ3) is 3.89. The van der Waals surface area contributed by atoms with Crippen LogP contribution in [0.3, 0.4) is 0 Å². The average molecular weight is 218 g/mol. The minimum Gasteiger partial charge on any atom is -0.426 e. The topological polar surface area (TPSA) is 26.3 Å². The number of para-hydroxylation sites is 1. The maximum absolute atomic E-state index is 11.5. The number of carbonyl (C=O) groups excluding carboxylic acids is 1. The number of allylic oxidation sites excluding steroid dienone is 1. The summed E-state index contributed by atoms with van der Waals surface area (Å²) in [6.45, 7) is 4.08. The van der Waals surface area contributed by atoms with Gasteiger partial charge in [-0.15, -0.1) is 0 Å². The van der Waals surface area contributed by atoms with E-state index in [9.17, 15) is 4.79 Å². The Labute approximate surface area is 96.9 Å². The molecular formula is C14H18O2. The van der Waals surface area contributed by atoms with Crippen molar-refractivity contribution < 1.29 is 9.53 Å². The predicted octanol–water partition coefficient (Wildman–Crippen LogP) is 3.51. The Morgan fingerprint density at radius 2 is 2.00 bits per heavy atom. The minimum atomic E-state index is -0.203. The Bertz CT molecular complexity index is 367. The maximum atomic E-state index is 11.5. The Morgan fingerprint density at radius 1 is 1.25 bits per heavy atom. The van der Waals surface area contributed by atoms with Gasteiger partial charge in [0.15, 0.2) is 0 Å². The van der Waals surface area contributed by atoms with Gasteiger partial charge in [0.25, 0.3) is 0 Å². The zero-order chi connectivity index (χ0) is 11.8. The molecule has 0 heterocycles. The van der Waals surface area contributed by atoms with E-state index in [1.807, 2.05) is 50.3 Å². The molecule has 1 rings (SSSR count). The van der Waals surface area contributed by atoms with E-state index in [2.05, 4.69) is 0 Å². The van der Waals surface area contributed by atoms with E-state index in [4.69, 9.17) is 4.74 Å². The van der Waals surface area contributed by atoms with Crippen LogP contribution in [-0.4, -0.2) is 5.97 Å². The third-order valence-electron chi connectivity index (χ3n) is 2.26. The summed E-state index contributed by atoms with van der Waals surface area (Å²) >= 11 is 0. The van der Waals surface area contributed by atoms with E-state index in [1.165, 1.54) is 0 Å². The summed E-state index contributed by atoms with van der Waals surface area (Å²) in [5.41, 5.74) is 1.07. The fourth-order valence-electron chi connectivity index (χ4n) is 1.41. The van der Waals surface area contributed by atoms with Crippen LogP contribution in [0.2, 0.25) is 0 Å². The quantitative estimate of drug-likeness (QED) is 0.429. The fourth-order valence-corrected chi connectivity index (χ4v) is 1.41. The number of hydrogen-bond donors (Lipinski definition) is 0. The smallest absolute Gasteiger partial charge is 0.315 e. The highest BCUT2D eigenvalue weighted by Gasteiger charge is 2.05. The predicted molar refractivity (Wildman–Crippen MR) is 65.5 cm³/mol. The van der Waals surface area contributed by atoms with Gasteiger partial charge in [-0.3, -0.25) is 4.79 Å². The van der Waals surface area contributed by atoms with Crippen LogP contribution in [0.15, 0.2) is 36.4 Å². The zero-order valence-corrected chi connectivity index (χ0v) is 9.90. The van der Waals surface area contributed by atoms with Gasteiger partial charge in [-0.1, -0.05) is 44.2 Å². The van der Waals surface area contributed by atoms with Crippen molar-refractivity contribution in [3.63, 3.8) is 0 Å². The molecule has 1 aromatic carbocycles. The molecule has 2 heteroatoms. The van der Waals surface area contributed by atoms with E-state index >= 15 is 0 Å². The van der Waals surface area contributed by atoms with Crippen molar-refractivity contribution in [3.05, 3.63) is 42.0 Å². The summed E-state index contributed by atoms with van der Waals surface area (Å²) in [5, 5.41) is 0. The van der Waals surface area contributed by atoms with Crippen molar-refractivity contribution in [2.75, 3.05) is 0 Å². The first kappa shape index (κ1) is 12.5. The lowest BCUT2D eigenvalue weighted by Crippen LogP contribution is -2.07. The molecule has 0 saturated heterocycles. The van der Waals surface area contributed by atoms with E-state index in [0.29, 0.717) is 12.2 Å². The Hall–Kier alpha value is -1.57. The van der Waals surface area contributed by atoms with E-state index in [1.54, 1.807) is 0 Å². The standard InChI is InChI=1S/C14H18O2/c1-3-5-6-11-14(15)16-13-10-8-7-9-12(13)4-2/h5-10H,3-4,11H2,1-2H3. The number of carbonyl (C=O) groups is 1. The van der Waals surface area contributed by atoms with Crippen molar-refractivity contribution in [2.45, 2.75) is 33.1 Å². The van der Waals surface area contributed by atoms with Crippen molar-refractivity contribution in [3.8, 4) is 5.75 Å². The largest absolute Gasteiger partial charge is 0.426 e. The Kier molecular flexibility index (Phi) is 5.34. The van der Waals surface area contributed by atoms with Crippen molar-refractivity contribution in [2.24, 2.45) is 0 Å². The van der Waals surface area contributed by atoms with Crippen LogP contribution in [0.1, 0.15) is 32.3 Å². The van der Waals surface area contributed by atoms with Gasteiger partial charge < -0.3 is 4.74 Å². The molecule has 0 aliphatic heterocycles. The SMILES string of the molecule is CCC=CCC(=O)Oc1ccccc1CC. The maximum Gasteiger partial charge on any atom is 0.315 e. The molecule has 86 valence electrons. The van der Waals surface area contributed by atoms with Gasteiger partial charge in [0.2, 0.25) is 0 Å². The number of ether oxygens (including phenoxy) is 1. The minimum absolute atomic E-state index is 0.203. The summed E-state index contributed by atoms with van der Waals surface area (Å²) in [6, 6.07) is 7.64. The van der Waals surface area contributed by atoms with Crippen LogP contribution < -0.4 is 4.74 Å². The fraction of sp³-hybridized carbons (Fsp3) is 0.357. The van der Waals surface area contributed by atoms with Crippen LogP contribution in [-0.2, 0) is 11.2 Å². The van der Waals surface area contributed by atoms with E-state index in [0.717, 1.165) is 18.4 Å². The molecule has 0 spiro atoms. The normalized spacial score (nSPS) is 10.6. The molecule has 0 atom stereocenters. The molecule has 0 aliphatic carbocycles. The summed E-state index contributed by atoms with van der Waals surface area (Å²) in [5.74, 6) is 0.477. The first-order chi connectivity index (χ1) is 7.77. The number of esters is 1. The van der Waals surface area contributed by atoms with Gasteiger partial charge in [-0.05, 0) is 24.5 Å².